The average Bonchev–Trinajstić information content (AvgIpc) is 3.64. The van der Waals surface area contributed by atoms with Crippen molar-refractivity contribution < 1.29 is 23.8 Å². The summed E-state index contributed by atoms with van der Waals surface area (Å²) in [5.74, 6) is 1.07. The van der Waals surface area contributed by atoms with Crippen molar-refractivity contribution in [2.45, 2.75) is 41.1 Å². The molecule has 196 valence electrons. The van der Waals surface area contributed by atoms with Crippen LogP contribution in [0, 0.1) is 5.41 Å². The lowest BCUT2D eigenvalue weighted by molar-refractivity contribution is -0.158. The van der Waals surface area contributed by atoms with E-state index in [9.17, 15) is 9.59 Å². The molecule has 1 aromatic heterocycles. The van der Waals surface area contributed by atoms with Crippen LogP contribution in [0.5, 0.6) is 11.5 Å². The van der Waals surface area contributed by atoms with Crippen molar-refractivity contribution >= 4 is 29.1 Å². The van der Waals surface area contributed by atoms with Crippen LogP contribution in [0.15, 0.2) is 67.5 Å². The molecule has 6 nitrogen and oxygen atoms in total. The Morgan fingerprint density at radius 3 is 2.50 bits per heavy atom. The van der Waals surface area contributed by atoms with Gasteiger partial charge in [-0.15, -0.1) is 11.8 Å². The number of H-pyrrole nitrogens is 1. The normalized spacial score (nSPS) is 28.8. The van der Waals surface area contributed by atoms with Crippen LogP contribution in [-0.2, 0) is 19.7 Å². The summed E-state index contributed by atoms with van der Waals surface area (Å²) in [7, 11) is 4.71. The lowest BCUT2D eigenvalue weighted by Crippen LogP contribution is -2.60. The quantitative estimate of drug-likeness (QED) is 0.321. The summed E-state index contributed by atoms with van der Waals surface area (Å²) in [6.07, 6.45) is 6.26. The Morgan fingerprint density at radius 2 is 1.79 bits per heavy atom. The van der Waals surface area contributed by atoms with Gasteiger partial charge in [0.05, 0.1) is 32.0 Å². The fraction of sp³-hybridized carbons (Fsp3) is 0.355. The van der Waals surface area contributed by atoms with Gasteiger partial charge in [0.2, 0.25) is 0 Å². The van der Waals surface area contributed by atoms with Crippen molar-refractivity contribution in [1.82, 2.24) is 4.98 Å². The Kier molecular flexibility index (Phi) is 5.94. The van der Waals surface area contributed by atoms with Crippen molar-refractivity contribution in [1.29, 1.82) is 0 Å². The largest absolute Gasteiger partial charge is 0.497 e. The number of hydrogen-bond donors (Lipinski definition) is 1. The van der Waals surface area contributed by atoms with Crippen molar-refractivity contribution in [2.24, 2.45) is 5.41 Å². The van der Waals surface area contributed by atoms with E-state index in [2.05, 4.69) is 29.9 Å². The number of para-hydroxylation sites is 1. The van der Waals surface area contributed by atoms with Crippen LogP contribution in [0.25, 0.3) is 5.57 Å². The minimum Gasteiger partial charge on any atom is -0.497 e. The highest BCUT2D eigenvalue weighted by molar-refractivity contribution is 8.01. The topological polar surface area (TPSA) is 77.6 Å². The molecule has 0 radical (unpaired) electrons. The molecule has 4 aliphatic rings. The number of esters is 1. The molecular weight excluding hydrogens is 498 g/mol. The number of benzene rings is 2. The molecule has 2 fully saturated rings. The molecule has 2 bridgehead atoms. The number of hydrogen-bond acceptors (Lipinski definition) is 6. The van der Waals surface area contributed by atoms with E-state index in [1.54, 1.807) is 26.0 Å². The van der Waals surface area contributed by atoms with E-state index in [0.717, 1.165) is 29.7 Å². The number of thioether (sulfide) groups is 1. The molecule has 0 spiro atoms. The van der Waals surface area contributed by atoms with E-state index < -0.39 is 16.1 Å². The Morgan fingerprint density at radius 1 is 1.03 bits per heavy atom. The lowest BCUT2D eigenvalue weighted by Gasteiger charge is -2.58. The number of ketones is 1. The van der Waals surface area contributed by atoms with Crippen LogP contribution < -0.4 is 9.47 Å². The summed E-state index contributed by atoms with van der Waals surface area (Å²) >= 11 is 1.62. The molecule has 1 aliphatic heterocycles. The Balaban J connectivity index is 1.48. The van der Waals surface area contributed by atoms with Crippen LogP contribution in [-0.4, -0.2) is 48.6 Å². The van der Waals surface area contributed by atoms with Crippen molar-refractivity contribution in [3.63, 3.8) is 0 Å². The van der Waals surface area contributed by atoms with Gasteiger partial charge in [-0.2, -0.15) is 0 Å². The first-order valence-corrected chi connectivity index (χ1v) is 13.8. The van der Waals surface area contributed by atoms with Crippen molar-refractivity contribution in [3.05, 3.63) is 89.8 Å². The number of aromatic amines is 1. The molecule has 3 aliphatic carbocycles. The molecule has 1 N–H and O–H groups in total. The fourth-order valence-corrected chi connectivity index (χ4v) is 9.57. The van der Waals surface area contributed by atoms with Gasteiger partial charge in [-0.25, -0.2) is 0 Å². The van der Waals surface area contributed by atoms with Crippen molar-refractivity contribution in [3.8, 4) is 11.5 Å². The van der Waals surface area contributed by atoms with Crippen LogP contribution in [0.2, 0.25) is 0 Å². The number of aromatic nitrogens is 1. The SMILES string of the molecule is C=C(C(=O)C1CC2(C(=O)OC)C3CCC(c4ccc(OC)cc4)(c4c[nH]cc43)C2S1)c1ccccc1OC. The zero-order valence-electron chi connectivity index (χ0n) is 21.8. The van der Waals surface area contributed by atoms with E-state index in [4.69, 9.17) is 14.2 Å². The van der Waals surface area contributed by atoms with Gasteiger partial charge in [0, 0.05) is 40.1 Å². The maximum absolute atomic E-state index is 14.0. The zero-order valence-corrected chi connectivity index (χ0v) is 22.6. The predicted octanol–water partition coefficient (Wildman–Crippen LogP) is 5.53. The van der Waals surface area contributed by atoms with Gasteiger partial charge < -0.3 is 19.2 Å². The van der Waals surface area contributed by atoms with Gasteiger partial charge in [-0.05, 0) is 54.2 Å². The molecule has 5 unspecified atom stereocenters. The summed E-state index contributed by atoms with van der Waals surface area (Å²) < 4.78 is 16.5. The third kappa shape index (κ3) is 3.20. The third-order valence-electron chi connectivity index (χ3n) is 9.01. The van der Waals surface area contributed by atoms with Gasteiger partial charge in [0.15, 0.2) is 5.78 Å². The average molecular weight is 530 g/mol. The molecule has 5 atom stereocenters. The summed E-state index contributed by atoms with van der Waals surface area (Å²) in [4.78, 5) is 31.2. The second kappa shape index (κ2) is 9.09. The predicted molar refractivity (Wildman–Crippen MR) is 148 cm³/mol. The fourth-order valence-electron chi connectivity index (χ4n) is 7.39. The van der Waals surface area contributed by atoms with Crippen LogP contribution >= 0.6 is 11.8 Å². The number of nitrogens with one attached hydrogen (secondary N) is 1. The summed E-state index contributed by atoms with van der Waals surface area (Å²) in [5.41, 5.74) is 3.31. The van der Waals surface area contributed by atoms with Gasteiger partial charge >= 0.3 is 5.97 Å². The summed E-state index contributed by atoms with van der Waals surface area (Å²) in [6.45, 7) is 4.18. The number of ether oxygens (including phenoxy) is 3. The Labute approximate surface area is 226 Å². The Bertz CT molecular complexity index is 1430. The van der Waals surface area contributed by atoms with Gasteiger partial charge in [0.25, 0.3) is 0 Å². The monoisotopic (exact) mass is 529 g/mol. The van der Waals surface area contributed by atoms with E-state index in [-0.39, 0.29) is 22.9 Å². The van der Waals surface area contributed by atoms with Crippen LogP contribution in [0.4, 0.5) is 0 Å². The number of carbonyl (C=O) groups is 2. The minimum atomic E-state index is -0.825. The summed E-state index contributed by atoms with van der Waals surface area (Å²) in [5, 5.41) is -0.597. The molecule has 2 aromatic carbocycles. The highest BCUT2D eigenvalue weighted by Gasteiger charge is 2.72. The maximum Gasteiger partial charge on any atom is 0.313 e. The number of fused-ring (bicyclic) bond motifs is 1. The third-order valence-corrected chi connectivity index (χ3v) is 10.8. The number of allylic oxidation sites excluding steroid dienone is 1. The highest BCUT2D eigenvalue weighted by Crippen LogP contribution is 2.72. The molecule has 3 aromatic rings. The molecule has 7 rings (SSSR count). The molecular formula is C31H31NO5S. The number of carbonyl (C=O) groups excluding carboxylic acids is 2. The van der Waals surface area contributed by atoms with E-state index in [0.29, 0.717) is 23.3 Å². The van der Waals surface area contributed by atoms with E-state index in [1.807, 2.05) is 42.6 Å². The first kappa shape index (κ1) is 24.9. The molecule has 38 heavy (non-hydrogen) atoms. The van der Waals surface area contributed by atoms with Crippen molar-refractivity contribution in [2.75, 3.05) is 21.3 Å². The molecule has 2 heterocycles. The zero-order chi connectivity index (χ0) is 26.7. The molecule has 1 saturated heterocycles. The Hall–Kier alpha value is -3.45. The van der Waals surface area contributed by atoms with Gasteiger partial charge in [-0.3, -0.25) is 9.59 Å². The second-order valence-corrected chi connectivity index (χ2v) is 11.7. The van der Waals surface area contributed by atoms with Crippen LogP contribution in [0.1, 0.15) is 47.4 Å². The number of Topliss-reactive ketones (excluding diaryl/α,β-unsaturated/α-hetero) is 1. The number of methoxy groups -OCH3 is 3. The smallest absolute Gasteiger partial charge is 0.313 e. The van der Waals surface area contributed by atoms with Gasteiger partial charge in [-0.1, -0.05) is 36.9 Å². The minimum absolute atomic E-state index is 0.0221. The standard InChI is InChI=1S/C31H31NO5S/c1-18(21-7-5-6-8-25(21)36-3)27(33)26-15-31(29(34)37-4)23-13-14-30(28(31)38-26,24-17-32-16-22(23)24)19-9-11-20(35-2)12-10-19/h5-12,16-17,23,26,28,32H,1,13-15H2,2-4H3. The summed E-state index contributed by atoms with van der Waals surface area (Å²) in [6, 6.07) is 15.6. The first-order valence-electron chi connectivity index (χ1n) is 12.8. The van der Waals surface area contributed by atoms with Crippen LogP contribution in [0.3, 0.4) is 0 Å². The first-order chi connectivity index (χ1) is 18.4. The maximum atomic E-state index is 14.0. The highest BCUT2D eigenvalue weighted by atomic mass is 32.2. The lowest BCUT2D eigenvalue weighted by atomic mass is 9.45. The number of rotatable bonds is 7. The second-order valence-electron chi connectivity index (χ2n) is 10.4. The molecule has 0 amide bonds. The van der Waals surface area contributed by atoms with Gasteiger partial charge in [0.1, 0.15) is 11.5 Å². The molecule has 1 saturated carbocycles. The van der Waals surface area contributed by atoms with E-state index in [1.165, 1.54) is 12.7 Å². The van der Waals surface area contributed by atoms with E-state index >= 15 is 0 Å². The molecule has 7 heteroatoms.